The summed E-state index contributed by atoms with van der Waals surface area (Å²) in [5.41, 5.74) is 0. The van der Waals surface area contributed by atoms with Gasteiger partial charge in [-0.1, -0.05) is 18.6 Å². The van der Waals surface area contributed by atoms with Gasteiger partial charge in [0.1, 0.15) is 0 Å². The molecule has 0 radical (unpaired) electrons. The van der Waals surface area contributed by atoms with Crippen LogP contribution in [-0.2, 0) is 4.74 Å². The van der Waals surface area contributed by atoms with Crippen LogP contribution in [0, 0.1) is 0 Å². The van der Waals surface area contributed by atoms with Gasteiger partial charge >= 0.3 is 0 Å². The molecule has 1 rings (SSSR count). The van der Waals surface area contributed by atoms with Gasteiger partial charge in [-0.2, -0.15) is 0 Å². The first-order valence-corrected chi connectivity index (χ1v) is 4.62. The van der Waals surface area contributed by atoms with E-state index in [1.54, 1.807) is 7.11 Å². The summed E-state index contributed by atoms with van der Waals surface area (Å²) in [6, 6.07) is 0. The predicted molar refractivity (Wildman–Crippen MR) is 48.0 cm³/mol. The van der Waals surface area contributed by atoms with Crippen molar-refractivity contribution in [2.45, 2.75) is 37.2 Å². The molecule has 2 atom stereocenters. The lowest BCUT2D eigenvalue weighted by Gasteiger charge is -2.19. The molecule has 1 aliphatic carbocycles. The summed E-state index contributed by atoms with van der Waals surface area (Å²) in [6.07, 6.45) is 9.10. The third-order valence-electron chi connectivity index (χ3n) is 2.06. The average Bonchev–Trinajstić information content (AvgIpc) is 1.98. The molecular formula is C9H15ClO. The molecular weight excluding hydrogens is 160 g/mol. The van der Waals surface area contributed by atoms with Gasteiger partial charge in [-0.3, -0.25) is 0 Å². The number of alkyl halides is 1. The Balaban J connectivity index is 2.48. The Bertz CT molecular complexity index is 134. The van der Waals surface area contributed by atoms with Crippen LogP contribution in [0.2, 0.25) is 0 Å². The van der Waals surface area contributed by atoms with E-state index in [0.717, 1.165) is 6.42 Å². The maximum Gasteiger partial charge on any atom is 0.0915 e. The molecule has 1 aliphatic rings. The first kappa shape index (κ1) is 9.08. The molecule has 0 aromatic rings. The fraction of sp³-hybridized carbons (Fsp3) is 0.778. The molecule has 2 heteroatoms. The summed E-state index contributed by atoms with van der Waals surface area (Å²) in [5, 5.41) is 0.163. The minimum absolute atomic E-state index is 0.122. The Labute approximate surface area is 73.4 Å². The maximum absolute atomic E-state index is 6.08. The first-order chi connectivity index (χ1) is 5.34. The Morgan fingerprint density at radius 3 is 3.00 bits per heavy atom. The summed E-state index contributed by atoms with van der Waals surface area (Å²) < 4.78 is 5.22. The van der Waals surface area contributed by atoms with Crippen molar-refractivity contribution in [1.29, 1.82) is 0 Å². The van der Waals surface area contributed by atoms with Crippen LogP contribution in [0.25, 0.3) is 0 Å². The molecule has 1 nitrogen and oxygen atoms in total. The van der Waals surface area contributed by atoms with E-state index >= 15 is 0 Å². The smallest absolute Gasteiger partial charge is 0.0915 e. The molecule has 0 aliphatic heterocycles. The lowest BCUT2D eigenvalue weighted by atomic mass is 10.0. The molecule has 0 heterocycles. The molecule has 2 unspecified atom stereocenters. The van der Waals surface area contributed by atoms with Gasteiger partial charge in [0.15, 0.2) is 0 Å². The minimum atomic E-state index is 0.122. The lowest BCUT2D eigenvalue weighted by Crippen LogP contribution is -2.21. The number of hydrogen-bond donors (Lipinski definition) is 0. The quantitative estimate of drug-likeness (QED) is 0.439. The van der Waals surface area contributed by atoms with Crippen LogP contribution in [0.5, 0.6) is 0 Å². The minimum Gasteiger partial charge on any atom is -0.376 e. The standard InChI is InChI=1S/C9H15ClO/c1-11-9-7-5-3-2-4-6-8(9)10/h5,7-9H,2-4,6H2,1H3/b7-5-. The topological polar surface area (TPSA) is 9.23 Å². The number of hydrogen-bond acceptors (Lipinski definition) is 1. The van der Waals surface area contributed by atoms with Crippen LogP contribution in [-0.4, -0.2) is 18.6 Å². The highest BCUT2D eigenvalue weighted by atomic mass is 35.5. The third kappa shape index (κ3) is 2.84. The van der Waals surface area contributed by atoms with Crippen LogP contribution >= 0.6 is 11.6 Å². The SMILES string of the molecule is COC1/C=C\CCCCC1Cl. The van der Waals surface area contributed by atoms with E-state index in [2.05, 4.69) is 12.2 Å². The molecule has 0 aromatic heterocycles. The van der Waals surface area contributed by atoms with E-state index in [9.17, 15) is 0 Å². The van der Waals surface area contributed by atoms with Gasteiger partial charge in [0.05, 0.1) is 11.5 Å². The van der Waals surface area contributed by atoms with Crippen LogP contribution in [0.1, 0.15) is 25.7 Å². The molecule has 0 saturated heterocycles. The normalized spacial score (nSPS) is 35.8. The van der Waals surface area contributed by atoms with E-state index in [-0.39, 0.29) is 11.5 Å². The third-order valence-corrected chi connectivity index (χ3v) is 2.52. The molecule has 64 valence electrons. The highest BCUT2D eigenvalue weighted by Gasteiger charge is 2.16. The molecule has 0 amide bonds. The predicted octanol–water partition coefficient (Wildman–Crippen LogP) is 2.74. The fourth-order valence-electron chi connectivity index (χ4n) is 1.34. The van der Waals surface area contributed by atoms with E-state index in [1.165, 1.54) is 19.3 Å². The van der Waals surface area contributed by atoms with Gasteiger partial charge in [-0.05, 0) is 19.3 Å². The number of methoxy groups -OCH3 is 1. The Kier molecular flexibility index (Phi) is 3.95. The second-order valence-electron chi connectivity index (χ2n) is 2.93. The number of halogens is 1. The first-order valence-electron chi connectivity index (χ1n) is 4.18. The monoisotopic (exact) mass is 174 g/mol. The van der Waals surface area contributed by atoms with Crippen molar-refractivity contribution in [2.75, 3.05) is 7.11 Å². The zero-order chi connectivity index (χ0) is 8.10. The van der Waals surface area contributed by atoms with Gasteiger partial charge in [-0.15, -0.1) is 11.6 Å². The Morgan fingerprint density at radius 1 is 1.45 bits per heavy atom. The van der Waals surface area contributed by atoms with Crippen molar-refractivity contribution in [3.63, 3.8) is 0 Å². The summed E-state index contributed by atoms with van der Waals surface area (Å²) in [4.78, 5) is 0. The van der Waals surface area contributed by atoms with E-state index < -0.39 is 0 Å². The van der Waals surface area contributed by atoms with E-state index in [1.807, 2.05) is 0 Å². The molecule has 0 fully saturated rings. The zero-order valence-electron chi connectivity index (χ0n) is 6.92. The van der Waals surface area contributed by atoms with Gasteiger partial charge in [0, 0.05) is 7.11 Å². The number of rotatable bonds is 1. The molecule has 0 saturated carbocycles. The molecule has 11 heavy (non-hydrogen) atoms. The van der Waals surface area contributed by atoms with Gasteiger partial charge < -0.3 is 4.74 Å². The van der Waals surface area contributed by atoms with Crippen LogP contribution in [0.3, 0.4) is 0 Å². The summed E-state index contributed by atoms with van der Waals surface area (Å²) >= 11 is 6.08. The maximum atomic E-state index is 6.08. The van der Waals surface area contributed by atoms with Crippen LogP contribution in [0.15, 0.2) is 12.2 Å². The second kappa shape index (κ2) is 4.78. The largest absolute Gasteiger partial charge is 0.376 e. The van der Waals surface area contributed by atoms with Crippen molar-refractivity contribution in [1.82, 2.24) is 0 Å². The van der Waals surface area contributed by atoms with Crippen LogP contribution < -0.4 is 0 Å². The van der Waals surface area contributed by atoms with Gasteiger partial charge in [0.25, 0.3) is 0 Å². The summed E-state index contributed by atoms with van der Waals surface area (Å²) in [5.74, 6) is 0. The second-order valence-corrected chi connectivity index (χ2v) is 3.49. The van der Waals surface area contributed by atoms with Gasteiger partial charge in [-0.25, -0.2) is 0 Å². The van der Waals surface area contributed by atoms with Crippen molar-refractivity contribution >= 4 is 11.6 Å². The van der Waals surface area contributed by atoms with Crippen molar-refractivity contribution in [3.05, 3.63) is 12.2 Å². The highest BCUT2D eigenvalue weighted by Crippen LogP contribution is 2.19. The number of allylic oxidation sites excluding steroid dienone is 1. The molecule has 0 bridgehead atoms. The molecule has 0 N–H and O–H groups in total. The Morgan fingerprint density at radius 2 is 2.27 bits per heavy atom. The lowest BCUT2D eigenvalue weighted by molar-refractivity contribution is 0.133. The summed E-state index contributed by atoms with van der Waals surface area (Å²) in [7, 11) is 1.71. The van der Waals surface area contributed by atoms with Gasteiger partial charge in [0.2, 0.25) is 0 Å². The van der Waals surface area contributed by atoms with Crippen molar-refractivity contribution < 1.29 is 4.74 Å². The highest BCUT2D eigenvalue weighted by molar-refractivity contribution is 6.21. The van der Waals surface area contributed by atoms with Crippen LogP contribution in [0.4, 0.5) is 0 Å². The molecule has 0 spiro atoms. The molecule has 0 aromatic carbocycles. The van der Waals surface area contributed by atoms with Crippen molar-refractivity contribution in [2.24, 2.45) is 0 Å². The number of ether oxygens (including phenoxy) is 1. The Hall–Kier alpha value is -0.0100. The van der Waals surface area contributed by atoms with E-state index in [4.69, 9.17) is 16.3 Å². The average molecular weight is 175 g/mol. The summed E-state index contributed by atoms with van der Waals surface area (Å²) in [6.45, 7) is 0. The van der Waals surface area contributed by atoms with E-state index in [0.29, 0.717) is 0 Å². The van der Waals surface area contributed by atoms with Crippen molar-refractivity contribution in [3.8, 4) is 0 Å². The zero-order valence-corrected chi connectivity index (χ0v) is 7.68. The fourth-order valence-corrected chi connectivity index (χ4v) is 1.68.